The van der Waals surface area contributed by atoms with Crippen LogP contribution < -0.4 is 0 Å². The molecule has 0 saturated carbocycles. The van der Waals surface area contributed by atoms with Crippen LogP contribution in [0.4, 0.5) is 0 Å². The highest BCUT2D eigenvalue weighted by atomic mass is 16.3. The molecular formula is C11H14N2O2. The lowest BCUT2D eigenvalue weighted by Crippen LogP contribution is -2.37. The van der Waals surface area contributed by atoms with E-state index in [0.29, 0.717) is 11.3 Å². The summed E-state index contributed by atoms with van der Waals surface area (Å²) in [6.07, 6.45) is 0.781. The molecule has 0 spiro atoms. The number of aliphatic hydroxyl groups excluding tert-OH is 1. The number of rotatable bonds is 2. The Morgan fingerprint density at radius 1 is 1.53 bits per heavy atom. The maximum absolute atomic E-state index is 11.9. The molecular weight excluding hydrogens is 192 g/mol. The van der Waals surface area contributed by atoms with Crippen LogP contribution in [0.15, 0.2) is 12.1 Å². The summed E-state index contributed by atoms with van der Waals surface area (Å²) in [5.74, 6) is 0.0516. The molecule has 2 rings (SSSR count). The highest BCUT2D eigenvalue weighted by Gasteiger charge is 2.23. The molecule has 1 amide bonds. The van der Waals surface area contributed by atoms with E-state index < -0.39 is 0 Å². The van der Waals surface area contributed by atoms with Crippen molar-refractivity contribution < 1.29 is 9.90 Å². The molecule has 1 aromatic rings. The second-order valence-corrected chi connectivity index (χ2v) is 3.59. The van der Waals surface area contributed by atoms with E-state index in [2.05, 4.69) is 4.98 Å². The van der Waals surface area contributed by atoms with Gasteiger partial charge < -0.3 is 10.0 Å². The minimum Gasteiger partial charge on any atom is -0.390 e. The number of carbonyl (C=O) groups is 1. The number of likely N-dealkylation sites (N-methyl/N-ethyl adjacent to an activating group) is 1. The molecule has 1 aliphatic rings. The number of aliphatic hydroxyl groups is 1. The van der Waals surface area contributed by atoms with Crippen LogP contribution in [-0.4, -0.2) is 34.0 Å². The Morgan fingerprint density at radius 2 is 2.33 bits per heavy atom. The maximum Gasteiger partial charge on any atom is 0.255 e. The fraction of sp³-hybridized carbons (Fsp3) is 0.455. The van der Waals surface area contributed by atoms with E-state index in [-0.39, 0.29) is 12.5 Å². The number of carbonyl (C=O) groups excluding carboxylic acids is 1. The largest absolute Gasteiger partial charge is 0.390 e. The van der Waals surface area contributed by atoms with Crippen LogP contribution in [0.25, 0.3) is 0 Å². The molecule has 80 valence electrons. The predicted molar refractivity (Wildman–Crippen MR) is 55.4 cm³/mol. The lowest BCUT2D eigenvalue weighted by atomic mass is 10.0. The van der Waals surface area contributed by atoms with Gasteiger partial charge >= 0.3 is 0 Å². The third-order valence-corrected chi connectivity index (χ3v) is 2.71. The molecule has 2 heterocycles. The number of hydrogen-bond donors (Lipinski definition) is 1. The van der Waals surface area contributed by atoms with Gasteiger partial charge in [0.25, 0.3) is 5.91 Å². The van der Waals surface area contributed by atoms with E-state index in [1.54, 1.807) is 12.1 Å². The zero-order chi connectivity index (χ0) is 10.8. The molecule has 0 bridgehead atoms. The minimum absolute atomic E-state index is 0.0516. The van der Waals surface area contributed by atoms with Crippen LogP contribution in [0, 0.1) is 0 Å². The summed E-state index contributed by atoms with van der Waals surface area (Å²) < 4.78 is 0. The highest BCUT2D eigenvalue weighted by molar-refractivity contribution is 5.96. The van der Waals surface area contributed by atoms with Crippen LogP contribution in [0.5, 0.6) is 0 Å². The Morgan fingerprint density at radius 3 is 3.00 bits per heavy atom. The van der Waals surface area contributed by atoms with Gasteiger partial charge in [0.1, 0.15) is 0 Å². The van der Waals surface area contributed by atoms with Crippen LogP contribution in [-0.2, 0) is 13.0 Å². The van der Waals surface area contributed by atoms with Crippen molar-refractivity contribution in [2.24, 2.45) is 0 Å². The summed E-state index contributed by atoms with van der Waals surface area (Å²) in [6, 6.07) is 3.47. The van der Waals surface area contributed by atoms with E-state index in [1.807, 2.05) is 11.8 Å². The summed E-state index contributed by atoms with van der Waals surface area (Å²) in [5, 5.41) is 8.95. The van der Waals surface area contributed by atoms with Gasteiger partial charge in [-0.2, -0.15) is 0 Å². The lowest BCUT2D eigenvalue weighted by molar-refractivity contribution is 0.0747. The highest BCUT2D eigenvalue weighted by Crippen LogP contribution is 2.17. The molecule has 0 unspecified atom stereocenters. The average Bonchev–Trinajstić information content (AvgIpc) is 2.29. The standard InChI is InChI=1S/C11H14N2O2/c1-2-13-6-5-10-9(11(13)15)4-3-8(7-14)12-10/h3-4,14H,2,5-7H2,1H3. The topological polar surface area (TPSA) is 53.4 Å². The quantitative estimate of drug-likeness (QED) is 0.770. The zero-order valence-corrected chi connectivity index (χ0v) is 8.73. The second kappa shape index (κ2) is 3.98. The van der Waals surface area contributed by atoms with Gasteiger partial charge in [0.15, 0.2) is 0 Å². The van der Waals surface area contributed by atoms with Crippen LogP contribution in [0.2, 0.25) is 0 Å². The van der Waals surface area contributed by atoms with E-state index in [4.69, 9.17) is 5.11 Å². The lowest BCUT2D eigenvalue weighted by Gasteiger charge is -2.26. The van der Waals surface area contributed by atoms with Gasteiger partial charge in [-0.25, -0.2) is 0 Å². The summed E-state index contributed by atoms with van der Waals surface area (Å²) in [4.78, 5) is 17.9. The van der Waals surface area contributed by atoms with E-state index in [1.165, 1.54) is 0 Å². The fourth-order valence-corrected chi connectivity index (χ4v) is 1.83. The van der Waals surface area contributed by atoms with Crippen LogP contribution >= 0.6 is 0 Å². The van der Waals surface area contributed by atoms with E-state index in [9.17, 15) is 4.79 Å². The third-order valence-electron chi connectivity index (χ3n) is 2.71. The van der Waals surface area contributed by atoms with Gasteiger partial charge in [0, 0.05) is 19.5 Å². The first-order valence-corrected chi connectivity index (χ1v) is 5.15. The molecule has 0 saturated heterocycles. The minimum atomic E-state index is -0.0705. The van der Waals surface area contributed by atoms with Crippen LogP contribution in [0.1, 0.15) is 28.7 Å². The Kier molecular flexibility index (Phi) is 2.68. The molecule has 4 heteroatoms. The molecule has 15 heavy (non-hydrogen) atoms. The van der Waals surface area contributed by atoms with Gasteiger partial charge in [-0.1, -0.05) is 0 Å². The Balaban J connectivity index is 2.37. The Bertz CT molecular complexity index is 390. The summed E-state index contributed by atoms with van der Waals surface area (Å²) in [5.41, 5.74) is 2.13. The predicted octanol–water partition coefficient (Wildman–Crippen LogP) is 0.592. The van der Waals surface area contributed by atoms with Crippen molar-refractivity contribution in [3.63, 3.8) is 0 Å². The molecule has 0 fully saturated rings. The number of nitrogens with zero attached hydrogens (tertiary/aromatic N) is 2. The molecule has 1 N–H and O–H groups in total. The Labute approximate surface area is 88.6 Å². The van der Waals surface area contributed by atoms with Gasteiger partial charge in [-0.05, 0) is 19.1 Å². The number of amides is 1. The van der Waals surface area contributed by atoms with Crippen LogP contribution in [0.3, 0.4) is 0 Å². The average molecular weight is 206 g/mol. The third kappa shape index (κ3) is 1.72. The maximum atomic E-state index is 11.9. The SMILES string of the molecule is CCN1CCc2nc(CO)ccc2C1=O. The second-order valence-electron chi connectivity index (χ2n) is 3.59. The van der Waals surface area contributed by atoms with Gasteiger partial charge in [0.05, 0.1) is 23.6 Å². The monoisotopic (exact) mass is 206 g/mol. The first-order chi connectivity index (χ1) is 7.26. The molecule has 0 radical (unpaired) electrons. The molecule has 4 nitrogen and oxygen atoms in total. The van der Waals surface area contributed by atoms with Crippen molar-refractivity contribution >= 4 is 5.91 Å². The molecule has 1 aliphatic heterocycles. The fourth-order valence-electron chi connectivity index (χ4n) is 1.83. The van der Waals surface area contributed by atoms with E-state index >= 15 is 0 Å². The molecule has 0 atom stereocenters. The summed E-state index contributed by atoms with van der Waals surface area (Å²) in [6.45, 7) is 3.36. The van der Waals surface area contributed by atoms with Crippen molar-refractivity contribution in [3.8, 4) is 0 Å². The van der Waals surface area contributed by atoms with Gasteiger partial charge in [-0.15, -0.1) is 0 Å². The smallest absolute Gasteiger partial charge is 0.255 e. The number of aromatic nitrogens is 1. The first kappa shape index (κ1) is 10.1. The first-order valence-electron chi connectivity index (χ1n) is 5.15. The van der Waals surface area contributed by atoms with Crippen molar-refractivity contribution in [3.05, 3.63) is 29.1 Å². The van der Waals surface area contributed by atoms with Crippen molar-refractivity contribution in [1.29, 1.82) is 0 Å². The number of hydrogen-bond acceptors (Lipinski definition) is 3. The van der Waals surface area contributed by atoms with Gasteiger partial charge in [-0.3, -0.25) is 9.78 Å². The number of fused-ring (bicyclic) bond motifs is 1. The van der Waals surface area contributed by atoms with E-state index in [0.717, 1.165) is 25.2 Å². The molecule has 1 aromatic heterocycles. The molecule has 0 aromatic carbocycles. The normalized spacial score (nSPS) is 15.3. The number of pyridine rings is 1. The molecule has 0 aliphatic carbocycles. The van der Waals surface area contributed by atoms with Gasteiger partial charge in [0.2, 0.25) is 0 Å². The van der Waals surface area contributed by atoms with Crippen molar-refractivity contribution in [1.82, 2.24) is 9.88 Å². The summed E-state index contributed by atoms with van der Waals surface area (Å²) >= 11 is 0. The Hall–Kier alpha value is -1.42. The van der Waals surface area contributed by atoms with Crippen molar-refractivity contribution in [2.45, 2.75) is 20.0 Å². The summed E-state index contributed by atoms with van der Waals surface area (Å²) in [7, 11) is 0. The zero-order valence-electron chi connectivity index (χ0n) is 8.73. The van der Waals surface area contributed by atoms with Crippen molar-refractivity contribution in [2.75, 3.05) is 13.1 Å².